The Kier molecular flexibility index (Phi) is 5.81. The molecule has 0 aliphatic heterocycles. The van der Waals surface area contributed by atoms with Crippen molar-refractivity contribution in [1.82, 2.24) is 4.98 Å². The minimum Gasteiger partial charge on any atom is -0.411 e. The lowest BCUT2D eigenvalue weighted by molar-refractivity contribution is 0.321. The van der Waals surface area contributed by atoms with Gasteiger partial charge < -0.3 is 5.21 Å². The van der Waals surface area contributed by atoms with Gasteiger partial charge in [-0.05, 0) is 30.5 Å². The summed E-state index contributed by atoms with van der Waals surface area (Å²) < 4.78 is 0. The summed E-state index contributed by atoms with van der Waals surface area (Å²) in [5.74, 6) is 6.15. The Hall–Kier alpha value is -2.31. The van der Waals surface area contributed by atoms with Gasteiger partial charge >= 0.3 is 0 Å². The van der Waals surface area contributed by atoms with Gasteiger partial charge in [0, 0.05) is 6.42 Å². The predicted octanol–water partition coefficient (Wildman–Crippen LogP) is 3.92. The van der Waals surface area contributed by atoms with Crippen LogP contribution in [-0.2, 0) is 6.42 Å². The number of aryl methyl sites for hydroxylation is 1. The SMILES string of the molecule is ON=Cc1nc(Cl)ccc1C#CCCCc1ccccc1. The summed E-state index contributed by atoms with van der Waals surface area (Å²) in [7, 11) is 0. The molecule has 2 rings (SSSR count). The Morgan fingerprint density at radius 2 is 2.00 bits per heavy atom. The second-order valence-corrected chi connectivity index (χ2v) is 4.84. The number of nitrogens with zero attached hydrogens (tertiary/aromatic N) is 2. The van der Waals surface area contributed by atoms with Crippen molar-refractivity contribution in [3.8, 4) is 11.8 Å². The monoisotopic (exact) mass is 298 g/mol. The van der Waals surface area contributed by atoms with E-state index >= 15 is 0 Å². The maximum atomic E-state index is 8.61. The van der Waals surface area contributed by atoms with Gasteiger partial charge in [-0.1, -0.05) is 58.9 Å². The third-order valence-corrected chi connectivity index (χ3v) is 3.11. The zero-order chi connectivity index (χ0) is 14.9. The standard InChI is InChI=1S/C17H15ClN2O/c18-17-12-11-15(16(20-17)13-19-21)10-6-2-5-9-14-7-3-1-4-8-14/h1,3-4,7-8,11-13,21H,2,5,9H2. The molecule has 0 fully saturated rings. The van der Waals surface area contributed by atoms with Gasteiger partial charge in [-0.15, -0.1) is 0 Å². The molecule has 0 atom stereocenters. The summed E-state index contributed by atoms with van der Waals surface area (Å²) in [4.78, 5) is 4.06. The van der Waals surface area contributed by atoms with Crippen molar-refractivity contribution in [3.05, 3.63) is 64.4 Å². The Morgan fingerprint density at radius 3 is 2.76 bits per heavy atom. The van der Waals surface area contributed by atoms with Crippen molar-refractivity contribution >= 4 is 17.8 Å². The van der Waals surface area contributed by atoms with Crippen LogP contribution in [0.25, 0.3) is 0 Å². The minimum atomic E-state index is 0.347. The van der Waals surface area contributed by atoms with Crippen LogP contribution in [0.5, 0.6) is 0 Å². The summed E-state index contributed by atoms with van der Waals surface area (Å²) in [5, 5.41) is 11.9. The molecule has 1 aromatic carbocycles. The van der Waals surface area contributed by atoms with E-state index in [1.54, 1.807) is 12.1 Å². The van der Waals surface area contributed by atoms with Gasteiger partial charge in [-0.25, -0.2) is 4.98 Å². The van der Waals surface area contributed by atoms with E-state index in [0.29, 0.717) is 16.4 Å². The highest BCUT2D eigenvalue weighted by atomic mass is 35.5. The van der Waals surface area contributed by atoms with Crippen LogP contribution in [0.15, 0.2) is 47.6 Å². The van der Waals surface area contributed by atoms with Gasteiger partial charge in [0.2, 0.25) is 0 Å². The molecule has 21 heavy (non-hydrogen) atoms. The van der Waals surface area contributed by atoms with E-state index in [1.807, 2.05) is 18.2 Å². The van der Waals surface area contributed by atoms with E-state index in [1.165, 1.54) is 11.8 Å². The van der Waals surface area contributed by atoms with Crippen LogP contribution in [0.4, 0.5) is 0 Å². The van der Waals surface area contributed by atoms with E-state index in [2.05, 4.69) is 34.1 Å². The van der Waals surface area contributed by atoms with Gasteiger partial charge in [0.1, 0.15) is 10.8 Å². The van der Waals surface area contributed by atoms with Crippen molar-refractivity contribution in [1.29, 1.82) is 0 Å². The third-order valence-electron chi connectivity index (χ3n) is 2.90. The Labute approximate surface area is 129 Å². The fourth-order valence-corrected chi connectivity index (χ4v) is 2.05. The number of aromatic nitrogens is 1. The highest BCUT2D eigenvalue weighted by Crippen LogP contribution is 2.09. The molecule has 0 aliphatic carbocycles. The van der Waals surface area contributed by atoms with Crippen molar-refractivity contribution in [2.45, 2.75) is 19.3 Å². The number of benzene rings is 1. The molecule has 0 spiro atoms. The lowest BCUT2D eigenvalue weighted by Crippen LogP contribution is -1.93. The number of halogens is 1. The number of hydrogen-bond donors (Lipinski definition) is 1. The number of pyridine rings is 1. The molecule has 4 heteroatoms. The van der Waals surface area contributed by atoms with E-state index in [0.717, 1.165) is 19.3 Å². The van der Waals surface area contributed by atoms with Crippen LogP contribution in [0, 0.1) is 11.8 Å². The molecule has 1 heterocycles. The van der Waals surface area contributed by atoms with E-state index in [9.17, 15) is 0 Å². The normalized spacial score (nSPS) is 10.3. The van der Waals surface area contributed by atoms with Gasteiger partial charge in [0.05, 0.1) is 11.8 Å². The molecule has 0 radical (unpaired) electrons. The largest absolute Gasteiger partial charge is 0.411 e. The lowest BCUT2D eigenvalue weighted by atomic mass is 10.1. The molecule has 2 aromatic rings. The number of unbranched alkanes of at least 4 members (excludes halogenated alkanes) is 1. The second-order valence-electron chi connectivity index (χ2n) is 4.45. The molecule has 0 saturated carbocycles. The lowest BCUT2D eigenvalue weighted by Gasteiger charge is -1.98. The third kappa shape index (κ3) is 4.94. The van der Waals surface area contributed by atoms with Crippen LogP contribution in [0.2, 0.25) is 5.15 Å². The molecule has 3 nitrogen and oxygen atoms in total. The van der Waals surface area contributed by atoms with Crippen LogP contribution in [-0.4, -0.2) is 16.4 Å². The van der Waals surface area contributed by atoms with Crippen LogP contribution in [0.1, 0.15) is 29.7 Å². The van der Waals surface area contributed by atoms with E-state index < -0.39 is 0 Å². The van der Waals surface area contributed by atoms with Gasteiger partial charge in [-0.2, -0.15) is 0 Å². The highest BCUT2D eigenvalue weighted by molar-refractivity contribution is 6.29. The first-order valence-corrected chi connectivity index (χ1v) is 7.04. The van der Waals surface area contributed by atoms with Crippen LogP contribution in [0.3, 0.4) is 0 Å². The Morgan fingerprint density at radius 1 is 1.19 bits per heavy atom. The fourth-order valence-electron chi connectivity index (χ4n) is 1.89. The molecule has 106 valence electrons. The average Bonchev–Trinajstić information content (AvgIpc) is 2.50. The molecule has 0 bridgehead atoms. The number of hydrogen-bond acceptors (Lipinski definition) is 3. The fraction of sp³-hybridized carbons (Fsp3) is 0.176. The molecular formula is C17H15ClN2O. The summed E-state index contributed by atoms with van der Waals surface area (Å²) in [5.41, 5.74) is 2.50. The highest BCUT2D eigenvalue weighted by Gasteiger charge is 2.00. The molecule has 1 aromatic heterocycles. The zero-order valence-electron chi connectivity index (χ0n) is 11.5. The molecule has 0 aliphatic rings. The summed E-state index contributed by atoms with van der Waals surface area (Å²) in [6.07, 6.45) is 4.05. The quantitative estimate of drug-likeness (QED) is 0.232. The zero-order valence-corrected chi connectivity index (χ0v) is 12.2. The molecule has 1 N–H and O–H groups in total. The Bertz CT molecular complexity index is 672. The van der Waals surface area contributed by atoms with Gasteiger partial charge in [0.15, 0.2) is 0 Å². The summed E-state index contributed by atoms with van der Waals surface area (Å²) in [6.45, 7) is 0. The van der Waals surface area contributed by atoms with E-state index in [-0.39, 0.29) is 0 Å². The number of rotatable bonds is 4. The molecule has 0 amide bonds. The topological polar surface area (TPSA) is 45.5 Å². The molecule has 0 unspecified atom stereocenters. The number of oxime groups is 1. The smallest absolute Gasteiger partial charge is 0.129 e. The minimum absolute atomic E-state index is 0.347. The van der Waals surface area contributed by atoms with E-state index in [4.69, 9.17) is 16.8 Å². The Balaban J connectivity index is 1.94. The van der Waals surface area contributed by atoms with Crippen molar-refractivity contribution in [2.24, 2.45) is 5.16 Å². The van der Waals surface area contributed by atoms with Crippen molar-refractivity contribution in [2.75, 3.05) is 0 Å². The molecular weight excluding hydrogens is 284 g/mol. The maximum absolute atomic E-state index is 8.61. The predicted molar refractivity (Wildman–Crippen MR) is 84.9 cm³/mol. The summed E-state index contributed by atoms with van der Waals surface area (Å²) >= 11 is 5.80. The average molecular weight is 299 g/mol. The van der Waals surface area contributed by atoms with Crippen molar-refractivity contribution in [3.63, 3.8) is 0 Å². The maximum Gasteiger partial charge on any atom is 0.129 e. The second kappa shape index (κ2) is 8.08. The van der Waals surface area contributed by atoms with Crippen LogP contribution < -0.4 is 0 Å². The van der Waals surface area contributed by atoms with Gasteiger partial charge in [0.25, 0.3) is 0 Å². The summed E-state index contributed by atoms with van der Waals surface area (Å²) in [6, 6.07) is 13.8. The first-order valence-electron chi connectivity index (χ1n) is 6.66. The first kappa shape index (κ1) is 15.1. The van der Waals surface area contributed by atoms with Crippen molar-refractivity contribution < 1.29 is 5.21 Å². The first-order chi connectivity index (χ1) is 10.3. The van der Waals surface area contributed by atoms with Gasteiger partial charge in [-0.3, -0.25) is 0 Å². The van der Waals surface area contributed by atoms with Crippen LogP contribution >= 0.6 is 11.6 Å². The molecule has 0 saturated heterocycles.